The zero-order chi connectivity index (χ0) is 29.0. The van der Waals surface area contributed by atoms with Crippen LogP contribution in [0.1, 0.15) is 108 Å². The smallest absolute Gasteiger partial charge is 0.228 e. The maximum Gasteiger partial charge on any atom is 0.228 e. The van der Waals surface area contributed by atoms with Crippen LogP contribution < -0.4 is 36.3 Å². The summed E-state index contributed by atoms with van der Waals surface area (Å²) in [5, 5.41) is 5.07. The van der Waals surface area contributed by atoms with Crippen LogP contribution in [0.15, 0.2) is 59.6 Å². The van der Waals surface area contributed by atoms with E-state index in [4.69, 9.17) is 9.47 Å². The molecular formula is C35H51BrN2O3S. The highest BCUT2D eigenvalue weighted by molar-refractivity contribution is 7.07. The third-order valence-electron chi connectivity index (χ3n) is 7.48. The van der Waals surface area contributed by atoms with Gasteiger partial charge in [-0.2, -0.15) is 4.57 Å². The van der Waals surface area contributed by atoms with E-state index in [2.05, 4.69) is 46.0 Å². The molecule has 5 nitrogen and oxygen atoms in total. The van der Waals surface area contributed by atoms with Crippen molar-refractivity contribution < 1.29 is 35.8 Å². The van der Waals surface area contributed by atoms with E-state index in [-0.39, 0.29) is 29.3 Å². The van der Waals surface area contributed by atoms with Gasteiger partial charge in [-0.3, -0.25) is 4.79 Å². The molecule has 0 saturated heterocycles. The van der Waals surface area contributed by atoms with Gasteiger partial charge in [-0.15, -0.1) is 0 Å². The minimum Gasteiger partial charge on any atom is -1.00 e. The second kappa shape index (κ2) is 22.2. The van der Waals surface area contributed by atoms with Crippen LogP contribution in [0.5, 0.6) is 11.5 Å². The summed E-state index contributed by atoms with van der Waals surface area (Å²) in [4.78, 5) is 12.7. The molecule has 0 saturated carbocycles. The number of unbranched alkanes of at least 4 members (excludes halogenated alkanes) is 13. The van der Waals surface area contributed by atoms with Gasteiger partial charge in [0.1, 0.15) is 0 Å². The Kier molecular flexibility index (Phi) is 18.9. The maximum atomic E-state index is 12.7. The minimum absolute atomic E-state index is 0. The Morgan fingerprint density at radius 2 is 1.38 bits per heavy atom. The van der Waals surface area contributed by atoms with Crippen molar-refractivity contribution in [3.05, 3.63) is 70.7 Å². The Morgan fingerprint density at radius 1 is 0.786 bits per heavy atom. The third kappa shape index (κ3) is 14.7. The van der Waals surface area contributed by atoms with Crippen LogP contribution in [0.4, 0.5) is 5.69 Å². The number of hydrogen-bond donors (Lipinski definition) is 1. The molecule has 0 fully saturated rings. The van der Waals surface area contributed by atoms with Crippen LogP contribution in [0.3, 0.4) is 0 Å². The first-order chi connectivity index (χ1) is 20.2. The van der Waals surface area contributed by atoms with E-state index in [1.165, 1.54) is 89.0 Å². The maximum absolute atomic E-state index is 12.7. The Morgan fingerprint density at radius 3 is 1.95 bits per heavy atom. The molecule has 0 radical (unpaired) electrons. The summed E-state index contributed by atoms with van der Waals surface area (Å²) < 4.78 is 13.7. The monoisotopic (exact) mass is 658 g/mol. The summed E-state index contributed by atoms with van der Waals surface area (Å²) >= 11 is 1.68. The second-order valence-electron chi connectivity index (χ2n) is 11.1. The fourth-order valence-corrected chi connectivity index (χ4v) is 5.67. The molecule has 1 N–H and O–H groups in total. The lowest BCUT2D eigenvalue weighted by molar-refractivity contribution is -0.683. The molecule has 1 aromatic heterocycles. The largest absolute Gasteiger partial charge is 1.00 e. The summed E-state index contributed by atoms with van der Waals surface area (Å²) in [7, 11) is 1.65. The van der Waals surface area contributed by atoms with Gasteiger partial charge in [-0.1, -0.05) is 120 Å². The number of halogens is 1. The van der Waals surface area contributed by atoms with Crippen LogP contribution in [-0.2, 0) is 17.8 Å². The standard InChI is InChI=1S/C35H50N2O3S.BrH/c1-3-4-5-6-7-8-9-10-11-12-13-14-15-16-24-40-34-26-31(19-22-33(34)39-2)27-35(38)36-32-20-17-30(18-21-32)28-37-23-25-41-29-37;/h17-23,25-26,29H,3-16,24,27-28H2,1-2H3;1H. The number of benzene rings is 2. The number of rotatable bonds is 22. The van der Waals surface area contributed by atoms with E-state index in [9.17, 15) is 4.79 Å². The highest BCUT2D eigenvalue weighted by Crippen LogP contribution is 2.29. The van der Waals surface area contributed by atoms with Gasteiger partial charge < -0.3 is 31.8 Å². The zero-order valence-corrected chi connectivity index (χ0v) is 28.2. The van der Waals surface area contributed by atoms with Crippen molar-refractivity contribution >= 4 is 22.9 Å². The van der Waals surface area contributed by atoms with Gasteiger partial charge in [0, 0.05) is 11.3 Å². The fraction of sp³-hybridized carbons (Fsp3) is 0.543. The Balaban J connectivity index is 0.00000616. The van der Waals surface area contributed by atoms with Gasteiger partial charge in [-0.05, 0) is 36.2 Å². The average molecular weight is 660 g/mol. The molecule has 0 aliphatic carbocycles. The van der Waals surface area contributed by atoms with Crippen molar-refractivity contribution in [2.45, 2.75) is 110 Å². The molecule has 3 rings (SSSR count). The van der Waals surface area contributed by atoms with Crippen molar-refractivity contribution in [1.29, 1.82) is 0 Å². The number of carbonyl (C=O) groups excluding carboxylic acids is 1. The highest BCUT2D eigenvalue weighted by atomic mass is 79.9. The summed E-state index contributed by atoms with van der Waals surface area (Å²) in [6.45, 7) is 3.77. The molecule has 1 heterocycles. The lowest BCUT2D eigenvalue weighted by atomic mass is 10.0. The van der Waals surface area contributed by atoms with Crippen LogP contribution in [-0.4, -0.2) is 19.6 Å². The number of thiazole rings is 1. The first kappa shape index (κ1) is 35.8. The lowest BCUT2D eigenvalue weighted by Crippen LogP contribution is -3.00. The van der Waals surface area contributed by atoms with Crippen LogP contribution in [0.2, 0.25) is 0 Å². The zero-order valence-electron chi connectivity index (χ0n) is 25.8. The third-order valence-corrected chi connectivity index (χ3v) is 8.15. The number of hydrogen-bond acceptors (Lipinski definition) is 4. The molecular weight excluding hydrogens is 608 g/mol. The normalized spacial score (nSPS) is 10.7. The van der Waals surface area contributed by atoms with E-state index < -0.39 is 0 Å². The van der Waals surface area contributed by atoms with Crippen molar-refractivity contribution in [3.63, 3.8) is 0 Å². The highest BCUT2D eigenvalue weighted by Gasteiger charge is 2.10. The van der Waals surface area contributed by atoms with Crippen LogP contribution >= 0.6 is 11.3 Å². The van der Waals surface area contributed by atoms with E-state index in [0.29, 0.717) is 18.1 Å². The van der Waals surface area contributed by atoms with Crippen molar-refractivity contribution in [1.82, 2.24) is 0 Å². The number of aromatic nitrogens is 1. The molecule has 0 aliphatic heterocycles. The van der Waals surface area contributed by atoms with E-state index in [1.54, 1.807) is 18.4 Å². The molecule has 232 valence electrons. The molecule has 0 atom stereocenters. The van der Waals surface area contributed by atoms with Crippen LogP contribution in [0.25, 0.3) is 0 Å². The number of anilines is 1. The second-order valence-corrected chi connectivity index (χ2v) is 11.8. The Hall–Kier alpha value is -2.38. The number of amides is 1. The van der Waals surface area contributed by atoms with E-state index >= 15 is 0 Å². The number of methoxy groups -OCH3 is 1. The van der Waals surface area contributed by atoms with Gasteiger partial charge in [0.25, 0.3) is 0 Å². The van der Waals surface area contributed by atoms with Crippen molar-refractivity contribution in [3.8, 4) is 11.5 Å². The molecule has 7 heteroatoms. The van der Waals surface area contributed by atoms with Gasteiger partial charge in [0.05, 0.1) is 25.5 Å². The van der Waals surface area contributed by atoms with Crippen molar-refractivity contribution in [2.24, 2.45) is 0 Å². The summed E-state index contributed by atoms with van der Waals surface area (Å²) in [5.41, 5.74) is 4.99. The first-order valence-corrected chi connectivity index (χ1v) is 16.7. The first-order valence-electron chi connectivity index (χ1n) is 15.8. The minimum atomic E-state index is -0.0481. The summed E-state index contributed by atoms with van der Waals surface area (Å²) in [6.07, 6.45) is 21.1. The number of nitrogens with zero attached hydrogens (tertiary/aromatic N) is 1. The number of ether oxygens (including phenoxy) is 2. The number of nitrogens with one attached hydrogen (secondary N) is 1. The predicted molar refractivity (Wildman–Crippen MR) is 171 cm³/mol. The fourth-order valence-electron chi connectivity index (χ4n) is 5.07. The summed E-state index contributed by atoms with van der Waals surface area (Å²) in [5.74, 6) is 1.37. The quantitative estimate of drug-likeness (QED) is 0.104. The van der Waals surface area contributed by atoms with Gasteiger partial charge >= 0.3 is 0 Å². The molecule has 1 amide bonds. The molecule has 0 unspecified atom stereocenters. The van der Waals surface area contributed by atoms with E-state index in [0.717, 1.165) is 24.2 Å². The predicted octanol–water partition coefficient (Wildman–Crippen LogP) is 6.14. The molecule has 0 aliphatic rings. The average Bonchev–Trinajstić information content (AvgIpc) is 3.49. The van der Waals surface area contributed by atoms with Crippen LogP contribution in [0, 0.1) is 0 Å². The molecule has 0 bridgehead atoms. The lowest BCUT2D eigenvalue weighted by Gasteiger charge is -2.13. The molecule has 2 aromatic carbocycles. The summed E-state index contributed by atoms with van der Waals surface area (Å²) in [6, 6.07) is 13.8. The van der Waals surface area contributed by atoms with Crippen molar-refractivity contribution in [2.75, 3.05) is 19.0 Å². The SMILES string of the molecule is CCCCCCCCCCCCCCCCOc1cc(CC(=O)Nc2ccc(C[n+]3ccsc3)cc2)ccc1OC.[Br-]. The van der Waals surface area contributed by atoms with Gasteiger partial charge in [0.2, 0.25) is 11.4 Å². The molecule has 3 aromatic rings. The Labute approximate surface area is 268 Å². The van der Waals surface area contributed by atoms with Gasteiger partial charge in [0.15, 0.2) is 24.2 Å². The topological polar surface area (TPSA) is 51.4 Å². The van der Waals surface area contributed by atoms with E-state index in [1.807, 2.05) is 30.3 Å². The number of carbonyl (C=O) groups is 1. The molecule has 42 heavy (non-hydrogen) atoms. The Bertz CT molecular complexity index is 1110. The molecule has 0 spiro atoms. The van der Waals surface area contributed by atoms with Gasteiger partial charge in [-0.25, -0.2) is 0 Å².